The minimum absolute atomic E-state index is 0.0246. The Hall–Kier alpha value is -0.820. The number of carbonyl (C=O) groups excluding carboxylic acids is 2. The van der Waals surface area contributed by atoms with Crippen molar-refractivity contribution in [2.24, 2.45) is 0 Å². The molecule has 0 spiro atoms. The van der Waals surface area contributed by atoms with Gasteiger partial charge in [-0.3, -0.25) is 4.90 Å². The SMILES string of the molecule is CCC(O)OCC(O)CN(CC=O)CC=O. The van der Waals surface area contributed by atoms with Crippen LogP contribution in [0.25, 0.3) is 0 Å². The van der Waals surface area contributed by atoms with Crippen LogP contribution in [-0.4, -0.2) is 66.3 Å². The molecule has 0 fully saturated rings. The smallest absolute Gasteiger partial charge is 0.154 e. The van der Waals surface area contributed by atoms with Crippen molar-refractivity contribution in [1.82, 2.24) is 4.90 Å². The molecule has 0 rings (SSSR count). The fourth-order valence-electron chi connectivity index (χ4n) is 1.13. The first-order chi connectivity index (χ1) is 7.63. The van der Waals surface area contributed by atoms with Crippen molar-refractivity contribution < 1.29 is 24.5 Å². The third-order valence-electron chi connectivity index (χ3n) is 1.96. The van der Waals surface area contributed by atoms with E-state index in [4.69, 9.17) is 9.84 Å². The summed E-state index contributed by atoms with van der Waals surface area (Å²) in [6.45, 7) is 2.07. The molecule has 6 heteroatoms. The van der Waals surface area contributed by atoms with E-state index in [0.717, 1.165) is 0 Å². The third-order valence-corrected chi connectivity index (χ3v) is 1.96. The standard InChI is InChI=1S/C10H19NO5/c1-2-10(15)16-8-9(14)7-11(3-5-12)4-6-13/h5-6,9-10,14-15H,2-4,7-8H2,1H3. The second kappa shape index (κ2) is 9.41. The van der Waals surface area contributed by atoms with Crippen molar-refractivity contribution in [3.8, 4) is 0 Å². The topological polar surface area (TPSA) is 87.1 Å². The van der Waals surface area contributed by atoms with E-state index < -0.39 is 12.4 Å². The number of aliphatic hydroxyl groups is 2. The molecule has 0 aromatic rings. The molecule has 2 N–H and O–H groups in total. The van der Waals surface area contributed by atoms with Crippen LogP contribution in [0.3, 0.4) is 0 Å². The predicted molar refractivity (Wildman–Crippen MR) is 56.8 cm³/mol. The molecule has 0 heterocycles. The number of hydrogen-bond acceptors (Lipinski definition) is 6. The van der Waals surface area contributed by atoms with E-state index in [1.165, 1.54) is 4.90 Å². The largest absolute Gasteiger partial charge is 0.389 e. The number of rotatable bonds is 10. The van der Waals surface area contributed by atoms with Crippen LogP contribution in [0.2, 0.25) is 0 Å². The Bertz CT molecular complexity index is 190. The Labute approximate surface area is 94.8 Å². The zero-order chi connectivity index (χ0) is 12.4. The fourth-order valence-corrected chi connectivity index (χ4v) is 1.13. The van der Waals surface area contributed by atoms with Gasteiger partial charge in [0.1, 0.15) is 12.6 Å². The first-order valence-corrected chi connectivity index (χ1v) is 5.21. The highest BCUT2D eigenvalue weighted by molar-refractivity contribution is 5.56. The quantitative estimate of drug-likeness (QED) is 0.364. The summed E-state index contributed by atoms with van der Waals surface area (Å²) in [4.78, 5) is 22.0. The molecule has 0 saturated carbocycles. The molecule has 0 amide bonds. The van der Waals surface area contributed by atoms with Gasteiger partial charge < -0.3 is 24.5 Å². The van der Waals surface area contributed by atoms with Crippen LogP contribution in [0.15, 0.2) is 0 Å². The van der Waals surface area contributed by atoms with Gasteiger partial charge in [0.2, 0.25) is 0 Å². The van der Waals surface area contributed by atoms with Crippen molar-refractivity contribution >= 4 is 12.6 Å². The lowest BCUT2D eigenvalue weighted by atomic mass is 10.3. The Kier molecular flexibility index (Phi) is 8.93. The lowest BCUT2D eigenvalue weighted by Gasteiger charge is -2.21. The maximum Gasteiger partial charge on any atom is 0.154 e. The first-order valence-electron chi connectivity index (χ1n) is 5.21. The first kappa shape index (κ1) is 15.2. The minimum Gasteiger partial charge on any atom is -0.389 e. The highest BCUT2D eigenvalue weighted by atomic mass is 16.6. The molecule has 2 unspecified atom stereocenters. The van der Waals surface area contributed by atoms with Crippen molar-refractivity contribution in [2.75, 3.05) is 26.2 Å². The predicted octanol–water partition coefficient (Wildman–Crippen LogP) is -1.21. The lowest BCUT2D eigenvalue weighted by Crippen LogP contribution is -2.37. The van der Waals surface area contributed by atoms with E-state index in [1.54, 1.807) is 6.92 Å². The average molecular weight is 233 g/mol. The highest BCUT2D eigenvalue weighted by Crippen LogP contribution is 1.97. The van der Waals surface area contributed by atoms with E-state index in [2.05, 4.69) is 0 Å². The Morgan fingerprint density at radius 1 is 1.25 bits per heavy atom. The number of hydrogen-bond donors (Lipinski definition) is 2. The Balaban J connectivity index is 3.83. The van der Waals surface area contributed by atoms with E-state index in [0.29, 0.717) is 19.0 Å². The molecular formula is C10H19NO5. The summed E-state index contributed by atoms with van der Waals surface area (Å²) in [5.74, 6) is 0. The van der Waals surface area contributed by atoms with Crippen LogP contribution in [-0.2, 0) is 14.3 Å². The van der Waals surface area contributed by atoms with Crippen LogP contribution in [0.5, 0.6) is 0 Å². The van der Waals surface area contributed by atoms with Gasteiger partial charge in [0.25, 0.3) is 0 Å². The molecule has 16 heavy (non-hydrogen) atoms. The van der Waals surface area contributed by atoms with Crippen LogP contribution >= 0.6 is 0 Å². The number of aliphatic hydroxyl groups excluding tert-OH is 2. The molecule has 0 aromatic heterocycles. The highest BCUT2D eigenvalue weighted by Gasteiger charge is 2.12. The van der Waals surface area contributed by atoms with Gasteiger partial charge in [0.05, 0.1) is 25.8 Å². The number of aldehydes is 2. The summed E-state index contributed by atoms with van der Waals surface area (Å²) >= 11 is 0. The van der Waals surface area contributed by atoms with E-state index in [9.17, 15) is 14.7 Å². The maximum absolute atomic E-state index is 10.3. The molecule has 6 nitrogen and oxygen atoms in total. The maximum atomic E-state index is 10.3. The molecule has 0 radical (unpaired) electrons. The van der Waals surface area contributed by atoms with Gasteiger partial charge >= 0.3 is 0 Å². The van der Waals surface area contributed by atoms with Gasteiger partial charge in [0.15, 0.2) is 6.29 Å². The monoisotopic (exact) mass is 233 g/mol. The fraction of sp³-hybridized carbons (Fsp3) is 0.800. The summed E-state index contributed by atoms with van der Waals surface area (Å²) < 4.78 is 4.91. The molecule has 94 valence electrons. The van der Waals surface area contributed by atoms with E-state index >= 15 is 0 Å². The van der Waals surface area contributed by atoms with Crippen molar-refractivity contribution in [3.05, 3.63) is 0 Å². The summed E-state index contributed by atoms with van der Waals surface area (Å²) in [6.07, 6.45) is 0.0519. The Morgan fingerprint density at radius 2 is 1.81 bits per heavy atom. The second-order valence-electron chi connectivity index (χ2n) is 3.40. The van der Waals surface area contributed by atoms with Crippen molar-refractivity contribution in [1.29, 1.82) is 0 Å². The zero-order valence-electron chi connectivity index (χ0n) is 9.41. The van der Waals surface area contributed by atoms with Gasteiger partial charge in [0, 0.05) is 6.54 Å². The molecule has 0 aliphatic carbocycles. The van der Waals surface area contributed by atoms with E-state index in [1.807, 2.05) is 0 Å². The molecule has 0 aliphatic rings. The molecular weight excluding hydrogens is 214 g/mol. The normalized spacial score (nSPS) is 14.8. The van der Waals surface area contributed by atoms with Gasteiger partial charge in [-0.25, -0.2) is 0 Å². The van der Waals surface area contributed by atoms with Gasteiger partial charge in [-0.1, -0.05) is 6.92 Å². The van der Waals surface area contributed by atoms with Gasteiger partial charge in [-0.05, 0) is 6.42 Å². The molecule has 0 aliphatic heterocycles. The molecule has 0 saturated heterocycles. The van der Waals surface area contributed by atoms with Crippen LogP contribution in [0, 0.1) is 0 Å². The number of nitrogens with zero attached hydrogens (tertiary/aromatic N) is 1. The number of carbonyl (C=O) groups is 2. The summed E-state index contributed by atoms with van der Waals surface area (Å²) in [7, 11) is 0. The van der Waals surface area contributed by atoms with Gasteiger partial charge in [-0.2, -0.15) is 0 Å². The second-order valence-corrected chi connectivity index (χ2v) is 3.40. The van der Waals surface area contributed by atoms with Gasteiger partial charge in [-0.15, -0.1) is 0 Å². The van der Waals surface area contributed by atoms with Crippen molar-refractivity contribution in [2.45, 2.75) is 25.7 Å². The van der Waals surface area contributed by atoms with Crippen LogP contribution in [0.4, 0.5) is 0 Å². The van der Waals surface area contributed by atoms with Crippen LogP contribution < -0.4 is 0 Å². The third kappa shape index (κ3) is 7.47. The van der Waals surface area contributed by atoms with Crippen LogP contribution in [0.1, 0.15) is 13.3 Å². The molecule has 0 bridgehead atoms. The van der Waals surface area contributed by atoms with E-state index in [-0.39, 0.29) is 26.2 Å². The Morgan fingerprint density at radius 3 is 2.25 bits per heavy atom. The average Bonchev–Trinajstić information content (AvgIpc) is 2.26. The lowest BCUT2D eigenvalue weighted by molar-refractivity contribution is -0.126. The minimum atomic E-state index is -0.889. The molecule has 2 atom stereocenters. The van der Waals surface area contributed by atoms with Crippen molar-refractivity contribution in [3.63, 3.8) is 0 Å². The summed E-state index contributed by atoms with van der Waals surface area (Å²) in [5, 5.41) is 18.6. The number of ether oxygens (including phenoxy) is 1. The summed E-state index contributed by atoms with van der Waals surface area (Å²) in [5.41, 5.74) is 0. The summed E-state index contributed by atoms with van der Waals surface area (Å²) in [6, 6.07) is 0. The molecule has 0 aromatic carbocycles. The zero-order valence-corrected chi connectivity index (χ0v) is 9.41.